The van der Waals surface area contributed by atoms with E-state index in [9.17, 15) is 13.6 Å². The summed E-state index contributed by atoms with van der Waals surface area (Å²) in [5.74, 6) is -0.463. The maximum Gasteiger partial charge on any atom is 0.228 e. The van der Waals surface area contributed by atoms with Gasteiger partial charge in [-0.05, 0) is 67.6 Å². The van der Waals surface area contributed by atoms with Crippen molar-refractivity contribution < 1.29 is 18.3 Å². The molecule has 0 unspecified atom stereocenters. The maximum atomic E-state index is 13.5. The van der Waals surface area contributed by atoms with Gasteiger partial charge in [-0.2, -0.15) is 0 Å². The molecule has 2 N–H and O–H groups in total. The Balaban J connectivity index is 1.64. The summed E-state index contributed by atoms with van der Waals surface area (Å²) in [5, 5.41) is 0. The number of benzene rings is 2. The van der Waals surface area contributed by atoms with Crippen LogP contribution in [-0.4, -0.2) is 17.5 Å². The van der Waals surface area contributed by atoms with Crippen molar-refractivity contribution in [2.45, 2.75) is 36.5 Å². The van der Waals surface area contributed by atoms with E-state index >= 15 is 0 Å². The van der Waals surface area contributed by atoms with Crippen molar-refractivity contribution in [3.8, 4) is 5.75 Å². The fraction of sp³-hybridized carbons (Fsp3) is 0.280. The van der Waals surface area contributed by atoms with Gasteiger partial charge in [0.2, 0.25) is 5.91 Å². The van der Waals surface area contributed by atoms with Crippen LogP contribution >= 0.6 is 0 Å². The van der Waals surface area contributed by atoms with E-state index in [1.807, 2.05) is 30.3 Å². The van der Waals surface area contributed by atoms with Gasteiger partial charge in [0, 0.05) is 5.41 Å². The Bertz CT molecular complexity index is 1030. The van der Waals surface area contributed by atoms with Gasteiger partial charge in [0.05, 0.1) is 23.9 Å². The zero-order chi connectivity index (χ0) is 21.9. The molecular formula is C25H24F2N2O2. The first kappa shape index (κ1) is 21.0. The first-order chi connectivity index (χ1) is 14.9. The number of primary amides is 1. The van der Waals surface area contributed by atoms with Crippen molar-refractivity contribution in [2.24, 2.45) is 5.73 Å². The molecule has 3 aromatic rings. The molecule has 0 spiro atoms. The molecular weight excluding hydrogens is 398 g/mol. The van der Waals surface area contributed by atoms with Gasteiger partial charge in [-0.3, -0.25) is 9.78 Å². The van der Waals surface area contributed by atoms with Gasteiger partial charge in [0.1, 0.15) is 17.4 Å². The Morgan fingerprint density at radius 2 is 1.55 bits per heavy atom. The minimum atomic E-state index is -0.885. The quantitative estimate of drug-likeness (QED) is 0.628. The largest absolute Gasteiger partial charge is 0.493 e. The third-order valence-corrected chi connectivity index (χ3v) is 6.46. The number of rotatable bonds is 6. The van der Waals surface area contributed by atoms with Gasteiger partial charge in [0.25, 0.3) is 0 Å². The fourth-order valence-electron chi connectivity index (χ4n) is 4.50. The highest BCUT2D eigenvalue weighted by atomic mass is 19.1. The van der Waals surface area contributed by atoms with Crippen molar-refractivity contribution in [1.29, 1.82) is 0 Å². The first-order valence-electron chi connectivity index (χ1n) is 10.3. The van der Waals surface area contributed by atoms with Gasteiger partial charge >= 0.3 is 0 Å². The SMILES string of the molecule is NC(=O)C1(c2ccc(F)cc2)CCC(COc2ccccc2)(c2ccc(F)cn2)CC1. The minimum Gasteiger partial charge on any atom is -0.493 e. The van der Waals surface area contributed by atoms with Gasteiger partial charge in [-0.1, -0.05) is 30.3 Å². The number of carbonyl (C=O) groups excluding carboxylic acids is 1. The molecule has 0 bridgehead atoms. The summed E-state index contributed by atoms with van der Waals surface area (Å²) in [6, 6.07) is 18.5. The average Bonchev–Trinajstić information content (AvgIpc) is 2.80. The number of carbonyl (C=O) groups is 1. The van der Waals surface area contributed by atoms with E-state index in [2.05, 4.69) is 4.98 Å². The van der Waals surface area contributed by atoms with E-state index in [0.29, 0.717) is 37.9 Å². The molecule has 31 heavy (non-hydrogen) atoms. The van der Waals surface area contributed by atoms with Crippen LogP contribution in [0.2, 0.25) is 0 Å². The second-order valence-electron chi connectivity index (χ2n) is 8.20. The van der Waals surface area contributed by atoms with Crippen molar-refractivity contribution in [2.75, 3.05) is 6.61 Å². The van der Waals surface area contributed by atoms with E-state index in [1.165, 1.54) is 24.4 Å². The molecule has 0 saturated heterocycles. The van der Waals surface area contributed by atoms with E-state index in [-0.39, 0.29) is 5.82 Å². The van der Waals surface area contributed by atoms with Crippen LogP contribution in [0.3, 0.4) is 0 Å². The molecule has 4 rings (SSSR count). The molecule has 4 nitrogen and oxygen atoms in total. The van der Waals surface area contributed by atoms with Gasteiger partial charge in [-0.25, -0.2) is 8.78 Å². The normalized spacial score (nSPS) is 23.3. The number of nitrogens with zero attached hydrogens (tertiary/aromatic N) is 1. The zero-order valence-electron chi connectivity index (χ0n) is 17.1. The van der Waals surface area contributed by atoms with E-state index < -0.39 is 22.6 Å². The van der Waals surface area contributed by atoms with E-state index in [1.54, 1.807) is 18.2 Å². The Kier molecular flexibility index (Phi) is 5.72. The molecule has 1 aliphatic carbocycles. The second kappa shape index (κ2) is 8.46. The smallest absolute Gasteiger partial charge is 0.228 e. The predicted molar refractivity (Wildman–Crippen MR) is 114 cm³/mol. The highest BCUT2D eigenvalue weighted by Gasteiger charge is 2.49. The fourth-order valence-corrected chi connectivity index (χ4v) is 4.50. The van der Waals surface area contributed by atoms with Gasteiger partial charge in [-0.15, -0.1) is 0 Å². The molecule has 1 aliphatic rings. The lowest BCUT2D eigenvalue weighted by Crippen LogP contribution is -2.49. The highest BCUT2D eigenvalue weighted by molar-refractivity contribution is 5.87. The first-order valence-corrected chi connectivity index (χ1v) is 10.3. The van der Waals surface area contributed by atoms with Crippen LogP contribution in [0.25, 0.3) is 0 Å². The van der Waals surface area contributed by atoms with Gasteiger partial charge in [0.15, 0.2) is 0 Å². The lowest BCUT2D eigenvalue weighted by molar-refractivity contribution is -0.125. The molecule has 1 aromatic heterocycles. The average molecular weight is 422 g/mol. The van der Waals surface area contributed by atoms with Crippen LogP contribution in [0.5, 0.6) is 5.75 Å². The molecule has 1 heterocycles. The summed E-state index contributed by atoms with van der Waals surface area (Å²) in [6.07, 6.45) is 3.27. The number of hydrogen-bond acceptors (Lipinski definition) is 3. The number of hydrogen-bond donors (Lipinski definition) is 1. The molecule has 1 amide bonds. The standard InChI is InChI=1S/C25H24F2N2O2/c26-19-8-6-18(7-9-19)25(23(28)30)14-12-24(13-15-25,22-11-10-20(27)16-29-22)17-31-21-4-2-1-3-5-21/h1-11,16H,12-15,17H2,(H2,28,30). The third kappa shape index (κ3) is 4.15. The van der Waals surface area contributed by atoms with Crippen molar-refractivity contribution in [1.82, 2.24) is 4.98 Å². The Morgan fingerprint density at radius 3 is 2.13 bits per heavy atom. The number of aromatic nitrogens is 1. The molecule has 6 heteroatoms. The summed E-state index contributed by atoms with van der Waals surface area (Å²) in [5.41, 5.74) is 5.91. The molecule has 0 radical (unpaired) electrons. The van der Waals surface area contributed by atoms with Crippen molar-refractivity contribution in [3.05, 3.63) is 95.8 Å². The summed E-state index contributed by atoms with van der Waals surface area (Å²) in [6.45, 7) is 0.341. The van der Waals surface area contributed by atoms with Crippen LogP contribution < -0.4 is 10.5 Å². The Hall–Kier alpha value is -3.28. The maximum absolute atomic E-state index is 13.5. The second-order valence-corrected chi connectivity index (χ2v) is 8.20. The molecule has 1 fully saturated rings. The number of para-hydroxylation sites is 1. The lowest BCUT2D eigenvalue weighted by Gasteiger charge is -2.44. The zero-order valence-corrected chi connectivity index (χ0v) is 17.1. The number of ether oxygens (including phenoxy) is 1. The Morgan fingerprint density at radius 1 is 0.903 bits per heavy atom. The van der Waals surface area contributed by atoms with Crippen molar-refractivity contribution >= 4 is 5.91 Å². The number of amides is 1. The lowest BCUT2D eigenvalue weighted by atomic mass is 9.60. The van der Waals surface area contributed by atoms with Crippen LogP contribution in [0, 0.1) is 11.6 Å². The van der Waals surface area contributed by atoms with Crippen LogP contribution in [0.4, 0.5) is 8.78 Å². The number of nitrogens with two attached hydrogens (primary N) is 1. The molecule has 2 aromatic carbocycles. The topological polar surface area (TPSA) is 65.2 Å². The van der Waals surface area contributed by atoms with Crippen molar-refractivity contribution in [3.63, 3.8) is 0 Å². The molecule has 0 aliphatic heterocycles. The third-order valence-electron chi connectivity index (χ3n) is 6.46. The number of pyridine rings is 1. The van der Waals surface area contributed by atoms with Crippen LogP contribution in [0.1, 0.15) is 36.9 Å². The minimum absolute atomic E-state index is 0.341. The summed E-state index contributed by atoms with van der Waals surface area (Å²) < 4.78 is 33.1. The summed E-state index contributed by atoms with van der Waals surface area (Å²) in [4.78, 5) is 16.9. The predicted octanol–water partition coefficient (Wildman–Crippen LogP) is 4.67. The van der Waals surface area contributed by atoms with Crippen LogP contribution in [-0.2, 0) is 15.6 Å². The van der Waals surface area contributed by atoms with E-state index in [0.717, 1.165) is 11.4 Å². The summed E-state index contributed by atoms with van der Waals surface area (Å²) >= 11 is 0. The summed E-state index contributed by atoms with van der Waals surface area (Å²) in [7, 11) is 0. The van der Waals surface area contributed by atoms with Gasteiger partial charge < -0.3 is 10.5 Å². The monoisotopic (exact) mass is 422 g/mol. The Labute approximate surface area is 180 Å². The molecule has 160 valence electrons. The number of halogens is 2. The van der Waals surface area contributed by atoms with Crippen LogP contribution in [0.15, 0.2) is 72.9 Å². The molecule has 1 saturated carbocycles. The molecule has 0 atom stereocenters. The van der Waals surface area contributed by atoms with E-state index in [4.69, 9.17) is 10.5 Å². The highest BCUT2D eigenvalue weighted by Crippen LogP contribution is 2.48.